The molecule has 1 heteroatoms. The number of ketones is 1. The number of benzene rings is 1. The lowest BCUT2D eigenvalue weighted by molar-refractivity contribution is -0.123. The van der Waals surface area contributed by atoms with Crippen molar-refractivity contribution in [1.82, 2.24) is 0 Å². The minimum Gasteiger partial charge on any atom is -0.299 e. The molecule has 0 radical (unpaired) electrons. The maximum Gasteiger partial charge on any atom is 0.140 e. The van der Waals surface area contributed by atoms with Gasteiger partial charge in [-0.25, -0.2) is 0 Å². The molecular formula is C14H18O. The molecule has 1 aliphatic carbocycles. The van der Waals surface area contributed by atoms with Gasteiger partial charge in [-0.15, -0.1) is 0 Å². The number of carbonyl (C=O) groups is 1. The number of hydrogen-bond acceptors (Lipinski definition) is 1. The monoisotopic (exact) mass is 202 g/mol. The first-order valence-electron chi connectivity index (χ1n) is 5.76. The Morgan fingerprint density at radius 1 is 1.13 bits per heavy atom. The Morgan fingerprint density at radius 3 is 2.40 bits per heavy atom. The van der Waals surface area contributed by atoms with Crippen LogP contribution in [0.4, 0.5) is 0 Å². The Bertz CT molecular complexity index is 350. The van der Waals surface area contributed by atoms with Gasteiger partial charge in [0.05, 0.1) is 0 Å². The molecule has 1 aromatic carbocycles. The molecule has 2 unspecified atom stereocenters. The van der Waals surface area contributed by atoms with Crippen molar-refractivity contribution in [2.75, 3.05) is 0 Å². The Kier molecular flexibility index (Phi) is 2.90. The van der Waals surface area contributed by atoms with Crippen LogP contribution < -0.4 is 0 Å². The van der Waals surface area contributed by atoms with E-state index in [1.807, 2.05) is 0 Å². The first kappa shape index (κ1) is 10.4. The number of carbonyl (C=O) groups excluding carboxylic acids is 1. The van der Waals surface area contributed by atoms with Gasteiger partial charge in [-0.2, -0.15) is 0 Å². The van der Waals surface area contributed by atoms with Crippen molar-refractivity contribution in [1.29, 1.82) is 0 Å². The lowest BCUT2D eigenvalue weighted by Gasteiger charge is -2.25. The van der Waals surface area contributed by atoms with Crippen molar-refractivity contribution in [3.8, 4) is 0 Å². The molecule has 0 spiro atoms. The Hall–Kier alpha value is -1.11. The smallest absolute Gasteiger partial charge is 0.140 e. The quantitative estimate of drug-likeness (QED) is 0.681. The van der Waals surface area contributed by atoms with Gasteiger partial charge in [0.25, 0.3) is 0 Å². The van der Waals surface area contributed by atoms with Crippen molar-refractivity contribution in [2.24, 2.45) is 5.92 Å². The van der Waals surface area contributed by atoms with Gasteiger partial charge >= 0.3 is 0 Å². The summed E-state index contributed by atoms with van der Waals surface area (Å²) in [6.07, 6.45) is 2.98. The number of rotatable bonds is 1. The highest BCUT2D eigenvalue weighted by atomic mass is 16.1. The third-order valence-electron chi connectivity index (χ3n) is 3.37. The molecule has 0 saturated heterocycles. The summed E-state index contributed by atoms with van der Waals surface area (Å²) in [6.45, 7) is 4.25. The van der Waals surface area contributed by atoms with E-state index in [0.717, 1.165) is 12.8 Å². The fourth-order valence-corrected chi connectivity index (χ4v) is 2.35. The maximum absolute atomic E-state index is 11.9. The van der Waals surface area contributed by atoms with E-state index < -0.39 is 0 Å². The van der Waals surface area contributed by atoms with Gasteiger partial charge < -0.3 is 0 Å². The molecule has 1 fully saturated rings. The van der Waals surface area contributed by atoms with E-state index in [-0.39, 0.29) is 5.92 Å². The standard InChI is InChI=1S/C14H18O/c1-10-3-6-12(7-4-10)13-8-5-11(2)9-14(13)15/h3-4,6-7,11,13H,5,8-9H2,1-2H3. The molecule has 2 atom stereocenters. The number of Topliss-reactive ketones (excluding diaryl/α,β-unsaturated/α-hetero) is 1. The van der Waals surface area contributed by atoms with E-state index in [1.54, 1.807) is 0 Å². The van der Waals surface area contributed by atoms with Crippen molar-refractivity contribution in [3.05, 3.63) is 35.4 Å². The topological polar surface area (TPSA) is 17.1 Å². The second kappa shape index (κ2) is 4.18. The summed E-state index contributed by atoms with van der Waals surface area (Å²) in [5.41, 5.74) is 2.47. The first-order valence-corrected chi connectivity index (χ1v) is 5.76. The SMILES string of the molecule is Cc1ccc(C2CCC(C)CC2=O)cc1. The summed E-state index contributed by atoms with van der Waals surface area (Å²) in [6, 6.07) is 8.41. The highest BCUT2D eigenvalue weighted by Crippen LogP contribution is 2.32. The summed E-state index contributed by atoms with van der Waals surface area (Å²) in [4.78, 5) is 11.9. The van der Waals surface area contributed by atoms with Crippen LogP contribution in [0, 0.1) is 12.8 Å². The summed E-state index contributed by atoms with van der Waals surface area (Å²) < 4.78 is 0. The Morgan fingerprint density at radius 2 is 1.80 bits per heavy atom. The highest BCUT2D eigenvalue weighted by Gasteiger charge is 2.27. The molecular weight excluding hydrogens is 184 g/mol. The van der Waals surface area contributed by atoms with Crippen molar-refractivity contribution in [2.45, 2.75) is 39.0 Å². The summed E-state index contributed by atoms with van der Waals surface area (Å²) >= 11 is 0. The van der Waals surface area contributed by atoms with Gasteiger partial charge in [0, 0.05) is 12.3 Å². The number of aryl methyl sites for hydroxylation is 1. The molecule has 1 aliphatic rings. The third kappa shape index (κ3) is 2.28. The van der Waals surface area contributed by atoms with Crippen LogP contribution in [0.5, 0.6) is 0 Å². The van der Waals surface area contributed by atoms with Gasteiger partial charge in [0.2, 0.25) is 0 Å². The molecule has 1 aromatic rings. The summed E-state index contributed by atoms with van der Waals surface area (Å²) in [5.74, 6) is 1.18. The summed E-state index contributed by atoms with van der Waals surface area (Å²) in [5, 5.41) is 0. The van der Waals surface area contributed by atoms with Crippen LogP contribution in [-0.4, -0.2) is 5.78 Å². The second-order valence-corrected chi connectivity index (χ2v) is 4.82. The normalized spacial score (nSPS) is 26.7. The van der Waals surface area contributed by atoms with Crippen LogP contribution in [0.1, 0.15) is 43.2 Å². The molecule has 15 heavy (non-hydrogen) atoms. The fourth-order valence-electron chi connectivity index (χ4n) is 2.35. The molecule has 0 amide bonds. The zero-order valence-corrected chi connectivity index (χ0v) is 9.49. The van der Waals surface area contributed by atoms with Crippen LogP contribution in [0.15, 0.2) is 24.3 Å². The molecule has 0 aliphatic heterocycles. The first-order chi connectivity index (χ1) is 7.16. The van der Waals surface area contributed by atoms with Crippen LogP contribution >= 0.6 is 0 Å². The predicted molar refractivity (Wildman–Crippen MR) is 61.9 cm³/mol. The van der Waals surface area contributed by atoms with E-state index in [1.165, 1.54) is 17.5 Å². The van der Waals surface area contributed by atoms with Gasteiger partial charge in [-0.1, -0.05) is 36.8 Å². The molecule has 1 saturated carbocycles. The predicted octanol–water partition coefficient (Wildman–Crippen LogP) is 3.47. The third-order valence-corrected chi connectivity index (χ3v) is 3.37. The van der Waals surface area contributed by atoms with Crippen molar-refractivity contribution >= 4 is 5.78 Å². The van der Waals surface area contributed by atoms with E-state index in [2.05, 4.69) is 38.1 Å². The Labute approximate surface area is 91.5 Å². The largest absolute Gasteiger partial charge is 0.299 e. The van der Waals surface area contributed by atoms with Gasteiger partial charge in [-0.3, -0.25) is 4.79 Å². The average molecular weight is 202 g/mol. The molecule has 0 N–H and O–H groups in total. The zero-order chi connectivity index (χ0) is 10.8. The Balaban J connectivity index is 2.17. The lowest BCUT2D eigenvalue weighted by Crippen LogP contribution is -2.21. The number of hydrogen-bond donors (Lipinski definition) is 0. The van der Waals surface area contributed by atoms with Crippen LogP contribution in [0.25, 0.3) is 0 Å². The average Bonchev–Trinajstić information content (AvgIpc) is 2.20. The molecule has 0 bridgehead atoms. The van der Waals surface area contributed by atoms with Gasteiger partial charge in [0.1, 0.15) is 5.78 Å². The molecule has 2 rings (SSSR count). The molecule has 0 heterocycles. The van der Waals surface area contributed by atoms with Gasteiger partial charge in [0.15, 0.2) is 0 Å². The van der Waals surface area contributed by atoms with E-state index in [0.29, 0.717) is 11.7 Å². The van der Waals surface area contributed by atoms with Crippen molar-refractivity contribution < 1.29 is 4.79 Å². The second-order valence-electron chi connectivity index (χ2n) is 4.82. The lowest BCUT2D eigenvalue weighted by atomic mass is 9.78. The van der Waals surface area contributed by atoms with E-state index in [9.17, 15) is 4.79 Å². The van der Waals surface area contributed by atoms with Crippen molar-refractivity contribution in [3.63, 3.8) is 0 Å². The fraction of sp³-hybridized carbons (Fsp3) is 0.500. The molecule has 1 nitrogen and oxygen atoms in total. The molecule has 0 aromatic heterocycles. The van der Waals surface area contributed by atoms with Crippen LogP contribution in [0.3, 0.4) is 0 Å². The minimum atomic E-state index is 0.168. The highest BCUT2D eigenvalue weighted by molar-refractivity contribution is 5.86. The van der Waals surface area contributed by atoms with Crippen LogP contribution in [-0.2, 0) is 4.79 Å². The summed E-state index contributed by atoms with van der Waals surface area (Å²) in [7, 11) is 0. The van der Waals surface area contributed by atoms with Gasteiger partial charge in [-0.05, 0) is 31.2 Å². The van der Waals surface area contributed by atoms with Crippen LogP contribution in [0.2, 0.25) is 0 Å². The zero-order valence-electron chi connectivity index (χ0n) is 9.49. The van der Waals surface area contributed by atoms with E-state index >= 15 is 0 Å². The molecule has 80 valence electrons. The van der Waals surface area contributed by atoms with E-state index in [4.69, 9.17) is 0 Å². The maximum atomic E-state index is 11.9. The minimum absolute atomic E-state index is 0.168.